The van der Waals surface area contributed by atoms with Gasteiger partial charge in [0.25, 0.3) is 0 Å². The molecule has 172 valence electrons. The van der Waals surface area contributed by atoms with Crippen LogP contribution in [-0.2, 0) is 16.2 Å². The molecule has 0 spiro atoms. The van der Waals surface area contributed by atoms with E-state index in [0.717, 1.165) is 22.2 Å². The van der Waals surface area contributed by atoms with Gasteiger partial charge < -0.3 is 5.11 Å². The number of pyridine rings is 1. The molecular formula is C30H36N2O. The minimum absolute atomic E-state index is 0.0180. The van der Waals surface area contributed by atoms with Gasteiger partial charge >= 0.3 is 0 Å². The van der Waals surface area contributed by atoms with Crippen molar-refractivity contribution in [3.05, 3.63) is 65.4 Å². The third-order valence-electron chi connectivity index (χ3n) is 9.20. The van der Waals surface area contributed by atoms with Gasteiger partial charge in [-0.05, 0) is 74.7 Å². The largest absolute Gasteiger partial charge is 0.508 e. The predicted molar refractivity (Wildman–Crippen MR) is 139 cm³/mol. The van der Waals surface area contributed by atoms with Crippen molar-refractivity contribution < 1.29 is 5.11 Å². The summed E-state index contributed by atoms with van der Waals surface area (Å²) in [5.74, 6) is 1.16. The molecule has 2 aromatic heterocycles. The van der Waals surface area contributed by atoms with E-state index in [1.807, 2.05) is 18.3 Å². The maximum Gasteiger partial charge on any atom is 0.137 e. The summed E-state index contributed by atoms with van der Waals surface area (Å²) in [4.78, 5) is 4.79. The highest BCUT2D eigenvalue weighted by molar-refractivity contribution is 6.10. The Balaban J connectivity index is 1.93. The molecule has 0 bridgehead atoms. The fraction of sp³-hybridized carbons (Fsp3) is 0.433. The van der Waals surface area contributed by atoms with Crippen LogP contribution in [0.2, 0.25) is 0 Å². The number of benzene rings is 2. The van der Waals surface area contributed by atoms with Crippen LogP contribution < -0.4 is 0 Å². The minimum Gasteiger partial charge on any atom is -0.508 e. The Morgan fingerprint density at radius 2 is 1.36 bits per heavy atom. The monoisotopic (exact) mass is 440 g/mol. The van der Waals surface area contributed by atoms with Crippen molar-refractivity contribution in [3.8, 4) is 11.6 Å². The van der Waals surface area contributed by atoms with Gasteiger partial charge in [0.1, 0.15) is 11.6 Å². The van der Waals surface area contributed by atoms with Gasteiger partial charge in [0.15, 0.2) is 0 Å². The number of rotatable bonds is 1. The van der Waals surface area contributed by atoms with Gasteiger partial charge in [-0.3, -0.25) is 4.57 Å². The number of phenolic OH excluding ortho intramolecular Hbond substituents is 1. The Bertz CT molecular complexity index is 1430. The lowest BCUT2D eigenvalue weighted by atomic mass is 9.59. The lowest BCUT2D eigenvalue weighted by Crippen LogP contribution is -2.42. The highest BCUT2D eigenvalue weighted by Crippen LogP contribution is 2.62. The van der Waals surface area contributed by atoms with Crippen molar-refractivity contribution >= 4 is 21.8 Å². The lowest BCUT2D eigenvalue weighted by Gasteiger charge is -2.44. The van der Waals surface area contributed by atoms with Crippen molar-refractivity contribution in [2.75, 3.05) is 0 Å². The van der Waals surface area contributed by atoms with Crippen molar-refractivity contribution in [2.24, 2.45) is 5.41 Å². The van der Waals surface area contributed by atoms with Crippen molar-refractivity contribution in [2.45, 2.75) is 78.6 Å². The van der Waals surface area contributed by atoms with Crippen molar-refractivity contribution in [3.63, 3.8) is 0 Å². The quantitative estimate of drug-likeness (QED) is 0.328. The Labute approximate surface area is 197 Å². The standard InChI is InChI=1S/C30H36N2O/c1-27(2,3)18-12-13-31-26(14-18)32-24-15-19(33)10-11-20(24)21-16-22-23(17-25(21)32)29(6,7)30(8,9)28(22,4)5/h10-17,33H,1-9H3. The number of hydrogen-bond acceptors (Lipinski definition) is 2. The third-order valence-corrected chi connectivity index (χ3v) is 9.20. The van der Waals surface area contributed by atoms with Gasteiger partial charge in [0.2, 0.25) is 0 Å². The second-order valence-electron chi connectivity index (χ2n) is 12.5. The Kier molecular flexibility index (Phi) is 4.27. The average Bonchev–Trinajstić information content (AvgIpc) is 3.08. The van der Waals surface area contributed by atoms with Crippen LogP contribution in [0.3, 0.4) is 0 Å². The first-order valence-corrected chi connectivity index (χ1v) is 12.0. The van der Waals surface area contributed by atoms with E-state index in [-0.39, 0.29) is 27.4 Å². The van der Waals surface area contributed by atoms with E-state index in [4.69, 9.17) is 4.98 Å². The third kappa shape index (κ3) is 2.77. The smallest absolute Gasteiger partial charge is 0.137 e. The van der Waals surface area contributed by atoms with E-state index in [0.29, 0.717) is 0 Å². The fourth-order valence-corrected chi connectivity index (χ4v) is 5.79. The highest BCUT2D eigenvalue weighted by Gasteiger charge is 2.56. The molecule has 3 nitrogen and oxygen atoms in total. The number of phenols is 1. The number of aromatic hydroxyl groups is 1. The molecule has 1 aliphatic rings. The Hall–Kier alpha value is -2.81. The summed E-state index contributed by atoms with van der Waals surface area (Å²) in [6, 6.07) is 14.8. The van der Waals surface area contributed by atoms with Gasteiger partial charge in [0, 0.05) is 23.0 Å². The zero-order valence-corrected chi connectivity index (χ0v) is 21.5. The second-order valence-corrected chi connectivity index (χ2v) is 12.5. The first-order chi connectivity index (χ1) is 15.2. The molecule has 3 heteroatoms. The molecule has 0 atom stereocenters. The molecule has 1 N–H and O–H groups in total. The molecule has 2 aromatic carbocycles. The normalized spacial score (nSPS) is 18.7. The summed E-state index contributed by atoms with van der Waals surface area (Å²) in [5.41, 5.74) is 6.39. The van der Waals surface area contributed by atoms with Crippen LogP contribution in [-0.4, -0.2) is 14.7 Å². The van der Waals surface area contributed by atoms with E-state index < -0.39 is 0 Å². The van der Waals surface area contributed by atoms with E-state index in [2.05, 4.69) is 91.1 Å². The molecule has 5 rings (SSSR count). The molecular weight excluding hydrogens is 404 g/mol. The van der Waals surface area contributed by atoms with E-state index in [9.17, 15) is 5.11 Å². The van der Waals surface area contributed by atoms with E-state index in [1.54, 1.807) is 6.07 Å². The van der Waals surface area contributed by atoms with E-state index in [1.165, 1.54) is 22.1 Å². The van der Waals surface area contributed by atoms with Crippen LogP contribution >= 0.6 is 0 Å². The van der Waals surface area contributed by atoms with E-state index >= 15 is 0 Å². The van der Waals surface area contributed by atoms with Crippen LogP contribution in [0.4, 0.5) is 0 Å². The zero-order chi connectivity index (χ0) is 24.1. The van der Waals surface area contributed by atoms with Gasteiger partial charge in [-0.15, -0.1) is 0 Å². The highest BCUT2D eigenvalue weighted by atomic mass is 16.3. The summed E-state index contributed by atoms with van der Waals surface area (Å²) in [6.45, 7) is 21.0. The topological polar surface area (TPSA) is 38.0 Å². The summed E-state index contributed by atoms with van der Waals surface area (Å²) >= 11 is 0. The van der Waals surface area contributed by atoms with Gasteiger partial charge in [-0.25, -0.2) is 4.98 Å². The molecule has 1 aliphatic carbocycles. The molecule has 0 saturated heterocycles. The van der Waals surface area contributed by atoms with Crippen LogP contribution in [0.15, 0.2) is 48.7 Å². The molecule has 0 saturated carbocycles. The number of nitrogens with zero attached hydrogens (tertiary/aromatic N) is 2. The van der Waals surface area contributed by atoms with Crippen molar-refractivity contribution in [1.29, 1.82) is 0 Å². The number of hydrogen-bond donors (Lipinski definition) is 1. The molecule has 0 fully saturated rings. The maximum absolute atomic E-state index is 10.4. The molecule has 33 heavy (non-hydrogen) atoms. The predicted octanol–water partition coefficient (Wildman–Crippen LogP) is 7.78. The van der Waals surface area contributed by atoms with Crippen molar-refractivity contribution in [1.82, 2.24) is 9.55 Å². The number of aromatic nitrogens is 2. The Morgan fingerprint density at radius 1 is 0.758 bits per heavy atom. The summed E-state index contributed by atoms with van der Waals surface area (Å²) in [7, 11) is 0. The SMILES string of the molecule is CC(C)(C)c1ccnc(-n2c3cc(O)ccc3c3cc4c(cc32)C(C)(C)C(C)(C)C4(C)C)c1. The molecule has 0 radical (unpaired) electrons. The molecule has 2 heterocycles. The summed E-state index contributed by atoms with van der Waals surface area (Å²) < 4.78 is 2.23. The summed E-state index contributed by atoms with van der Waals surface area (Å²) in [5, 5.41) is 12.7. The lowest BCUT2D eigenvalue weighted by molar-refractivity contribution is 0.125. The Morgan fingerprint density at radius 3 is 2.00 bits per heavy atom. The van der Waals surface area contributed by atoms with Gasteiger partial charge in [0.05, 0.1) is 11.0 Å². The van der Waals surface area contributed by atoms with Gasteiger partial charge in [-0.1, -0.05) is 62.3 Å². The fourth-order valence-electron chi connectivity index (χ4n) is 5.79. The first-order valence-electron chi connectivity index (χ1n) is 12.0. The van der Waals surface area contributed by atoms with Crippen LogP contribution in [0.5, 0.6) is 5.75 Å². The first kappa shape index (κ1) is 22.0. The zero-order valence-electron chi connectivity index (χ0n) is 21.5. The average molecular weight is 441 g/mol. The summed E-state index contributed by atoms with van der Waals surface area (Å²) in [6.07, 6.45) is 1.90. The maximum atomic E-state index is 10.4. The van der Waals surface area contributed by atoms with Crippen LogP contribution in [0.25, 0.3) is 27.6 Å². The molecule has 0 amide bonds. The van der Waals surface area contributed by atoms with Crippen LogP contribution in [0, 0.1) is 5.41 Å². The van der Waals surface area contributed by atoms with Gasteiger partial charge in [-0.2, -0.15) is 0 Å². The molecule has 4 aromatic rings. The molecule has 0 unspecified atom stereocenters. The van der Waals surface area contributed by atoms with Crippen LogP contribution in [0.1, 0.15) is 79.0 Å². The molecule has 0 aliphatic heterocycles. The minimum atomic E-state index is 0.0180. The number of fused-ring (bicyclic) bond motifs is 4. The second kappa shape index (κ2) is 6.40.